The topological polar surface area (TPSA) is 38.3 Å². The van der Waals surface area contributed by atoms with Crippen LogP contribution >= 0.6 is 0 Å². The van der Waals surface area contributed by atoms with Gasteiger partial charge in [-0.1, -0.05) is 13.8 Å². The molecule has 6 heteroatoms. The second-order valence-corrected chi connectivity index (χ2v) is 4.55. The predicted molar refractivity (Wildman–Crippen MR) is 65.8 cm³/mol. The normalized spacial score (nSPS) is 11.5. The SMILES string of the molecule is CC(C)CCC(=O)Nc1ccc(OC(F)(F)F)cc1. The Kier molecular flexibility index (Phi) is 5.20. The summed E-state index contributed by atoms with van der Waals surface area (Å²) in [6.45, 7) is 4.02. The summed E-state index contributed by atoms with van der Waals surface area (Å²) >= 11 is 0. The van der Waals surface area contributed by atoms with Crippen LogP contribution < -0.4 is 10.1 Å². The monoisotopic (exact) mass is 275 g/mol. The average molecular weight is 275 g/mol. The number of amides is 1. The molecule has 0 aromatic heterocycles. The molecule has 106 valence electrons. The third kappa shape index (κ3) is 6.69. The van der Waals surface area contributed by atoms with E-state index in [1.54, 1.807) is 0 Å². The molecular weight excluding hydrogens is 259 g/mol. The van der Waals surface area contributed by atoms with Crippen LogP contribution in [0.25, 0.3) is 0 Å². The fraction of sp³-hybridized carbons (Fsp3) is 0.462. The minimum atomic E-state index is -4.71. The highest BCUT2D eigenvalue weighted by atomic mass is 19.4. The molecule has 0 aliphatic rings. The summed E-state index contributed by atoms with van der Waals surface area (Å²) in [6.07, 6.45) is -3.55. The second-order valence-electron chi connectivity index (χ2n) is 4.55. The van der Waals surface area contributed by atoms with Crippen molar-refractivity contribution in [3.05, 3.63) is 24.3 Å². The predicted octanol–water partition coefficient (Wildman–Crippen LogP) is 3.96. The number of hydrogen-bond donors (Lipinski definition) is 1. The Morgan fingerprint density at radius 3 is 2.32 bits per heavy atom. The van der Waals surface area contributed by atoms with E-state index < -0.39 is 6.36 Å². The molecule has 0 fully saturated rings. The molecule has 1 amide bonds. The molecule has 1 N–H and O–H groups in total. The molecule has 0 spiro atoms. The van der Waals surface area contributed by atoms with Crippen LogP contribution in [0.3, 0.4) is 0 Å². The van der Waals surface area contributed by atoms with Crippen molar-refractivity contribution in [1.29, 1.82) is 0 Å². The lowest BCUT2D eigenvalue weighted by molar-refractivity contribution is -0.274. The van der Waals surface area contributed by atoms with Crippen molar-refractivity contribution in [2.75, 3.05) is 5.32 Å². The second kappa shape index (κ2) is 6.45. The highest BCUT2D eigenvalue weighted by molar-refractivity contribution is 5.90. The van der Waals surface area contributed by atoms with Crippen LogP contribution in [0.5, 0.6) is 5.75 Å². The number of carbonyl (C=O) groups excluding carboxylic acids is 1. The van der Waals surface area contributed by atoms with Gasteiger partial charge in [-0.2, -0.15) is 0 Å². The van der Waals surface area contributed by atoms with E-state index in [1.807, 2.05) is 13.8 Å². The average Bonchev–Trinajstić information content (AvgIpc) is 2.27. The highest BCUT2D eigenvalue weighted by Gasteiger charge is 2.30. The van der Waals surface area contributed by atoms with E-state index in [2.05, 4.69) is 10.1 Å². The standard InChI is InChI=1S/C13H16F3NO2/c1-9(2)3-8-12(18)17-10-4-6-11(7-5-10)19-13(14,15)16/h4-7,9H,3,8H2,1-2H3,(H,17,18). The van der Waals surface area contributed by atoms with E-state index in [4.69, 9.17) is 0 Å². The van der Waals surface area contributed by atoms with Crippen LogP contribution in [-0.2, 0) is 4.79 Å². The van der Waals surface area contributed by atoms with Gasteiger partial charge in [0.25, 0.3) is 0 Å². The number of rotatable bonds is 5. The molecule has 3 nitrogen and oxygen atoms in total. The summed E-state index contributed by atoms with van der Waals surface area (Å²) in [4.78, 5) is 11.5. The molecule has 0 aliphatic heterocycles. The Hall–Kier alpha value is -1.72. The van der Waals surface area contributed by atoms with Crippen molar-refractivity contribution in [3.63, 3.8) is 0 Å². The van der Waals surface area contributed by atoms with Crippen molar-refractivity contribution in [2.45, 2.75) is 33.1 Å². The molecule has 1 aromatic carbocycles. The maximum Gasteiger partial charge on any atom is 0.573 e. The lowest BCUT2D eigenvalue weighted by atomic mass is 10.1. The van der Waals surface area contributed by atoms with Crippen LogP contribution in [0.4, 0.5) is 18.9 Å². The van der Waals surface area contributed by atoms with Gasteiger partial charge in [0.1, 0.15) is 5.75 Å². The number of anilines is 1. The Labute approximate surface area is 109 Å². The summed E-state index contributed by atoms with van der Waals surface area (Å²) in [5.41, 5.74) is 0.447. The van der Waals surface area contributed by atoms with Crippen LogP contribution in [0.1, 0.15) is 26.7 Å². The van der Waals surface area contributed by atoms with Crippen LogP contribution in [0.2, 0.25) is 0 Å². The third-order valence-corrected chi connectivity index (χ3v) is 2.32. The number of benzene rings is 1. The van der Waals surface area contributed by atoms with Gasteiger partial charge in [0.05, 0.1) is 0 Å². The van der Waals surface area contributed by atoms with E-state index in [-0.39, 0.29) is 11.7 Å². The van der Waals surface area contributed by atoms with Gasteiger partial charge in [-0.15, -0.1) is 13.2 Å². The van der Waals surface area contributed by atoms with E-state index in [0.717, 1.165) is 18.6 Å². The molecule has 0 bridgehead atoms. The molecule has 0 saturated heterocycles. The van der Waals surface area contributed by atoms with Gasteiger partial charge < -0.3 is 10.1 Å². The van der Waals surface area contributed by atoms with Gasteiger partial charge in [0.2, 0.25) is 5.91 Å². The van der Waals surface area contributed by atoms with Gasteiger partial charge in [-0.3, -0.25) is 4.79 Å². The summed E-state index contributed by atoms with van der Waals surface area (Å²) in [6, 6.07) is 5.06. The molecule has 0 heterocycles. The van der Waals surface area contributed by atoms with Crippen LogP contribution in [0.15, 0.2) is 24.3 Å². The zero-order valence-corrected chi connectivity index (χ0v) is 10.8. The summed E-state index contributed by atoms with van der Waals surface area (Å²) in [5.74, 6) is -0.0424. The fourth-order valence-corrected chi connectivity index (χ4v) is 1.38. The van der Waals surface area contributed by atoms with E-state index in [9.17, 15) is 18.0 Å². The molecular formula is C13H16F3NO2. The molecule has 0 aliphatic carbocycles. The number of carbonyl (C=O) groups is 1. The van der Waals surface area contributed by atoms with Gasteiger partial charge >= 0.3 is 6.36 Å². The Morgan fingerprint density at radius 1 is 1.26 bits per heavy atom. The van der Waals surface area contributed by atoms with Crippen molar-refractivity contribution in [1.82, 2.24) is 0 Å². The van der Waals surface area contributed by atoms with Crippen LogP contribution in [-0.4, -0.2) is 12.3 Å². The molecule has 1 aromatic rings. The lowest BCUT2D eigenvalue weighted by Crippen LogP contribution is -2.17. The van der Waals surface area contributed by atoms with Crippen LogP contribution in [0, 0.1) is 5.92 Å². The highest BCUT2D eigenvalue weighted by Crippen LogP contribution is 2.24. The minimum Gasteiger partial charge on any atom is -0.406 e. The van der Waals surface area contributed by atoms with Crippen molar-refractivity contribution >= 4 is 11.6 Å². The third-order valence-electron chi connectivity index (χ3n) is 2.32. The molecule has 0 atom stereocenters. The quantitative estimate of drug-likeness (QED) is 0.883. The molecule has 0 saturated carbocycles. The molecule has 19 heavy (non-hydrogen) atoms. The number of nitrogens with one attached hydrogen (secondary N) is 1. The Morgan fingerprint density at radius 2 is 1.84 bits per heavy atom. The summed E-state index contributed by atoms with van der Waals surface area (Å²) < 4.78 is 39.5. The number of halogens is 3. The Balaban J connectivity index is 2.50. The summed E-state index contributed by atoms with van der Waals surface area (Å²) in [7, 11) is 0. The van der Waals surface area contributed by atoms with E-state index in [0.29, 0.717) is 18.0 Å². The molecule has 0 unspecified atom stereocenters. The first-order valence-corrected chi connectivity index (χ1v) is 5.92. The molecule has 0 radical (unpaired) electrons. The Bertz CT molecular complexity index is 413. The zero-order valence-electron chi connectivity index (χ0n) is 10.8. The van der Waals surface area contributed by atoms with Crippen molar-refractivity contribution in [3.8, 4) is 5.75 Å². The summed E-state index contributed by atoms with van der Waals surface area (Å²) in [5, 5.41) is 2.61. The molecule has 1 rings (SSSR count). The maximum atomic E-state index is 11.9. The van der Waals surface area contributed by atoms with Gasteiger partial charge in [0.15, 0.2) is 0 Å². The zero-order chi connectivity index (χ0) is 14.5. The lowest BCUT2D eigenvalue weighted by Gasteiger charge is -2.10. The van der Waals surface area contributed by atoms with Gasteiger partial charge in [-0.05, 0) is 36.6 Å². The van der Waals surface area contributed by atoms with E-state index >= 15 is 0 Å². The number of ether oxygens (including phenoxy) is 1. The van der Waals surface area contributed by atoms with Crippen molar-refractivity contribution in [2.24, 2.45) is 5.92 Å². The first-order valence-electron chi connectivity index (χ1n) is 5.92. The first kappa shape index (κ1) is 15.3. The smallest absolute Gasteiger partial charge is 0.406 e. The largest absolute Gasteiger partial charge is 0.573 e. The van der Waals surface area contributed by atoms with Gasteiger partial charge in [0, 0.05) is 12.1 Å². The van der Waals surface area contributed by atoms with Crippen molar-refractivity contribution < 1.29 is 22.7 Å². The fourth-order valence-electron chi connectivity index (χ4n) is 1.38. The van der Waals surface area contributed by atoms with Gasteiger partial charge in [-0.25, -0.2) is 0 Å². The number of alkyl halides is 3. The minimum absolute atomic E-state index is 0.154. The van der Waals surface area contributed by atoms with E-state index in [1.165, 1.54) is 12.1 Å². The first-order chi connectivity index (χ1) is 8.76. The number of hydrogen-bond acceptors (Lipinski definition) is 2. The maximum absolute atomic E-state index is 11.9.